The molecule has 226 valence electrons. The first-order valence-corrected chi connectivity index (χ1v) is 14.8. The minimum atomic E-state index is -1.69. The number of carbonyl (C=O) groups is 5. The van der Waals surface area contributed by atoms with Gasteiger partial charge in [-0.3, -0.25) is 19.3 Å². The second kappa shape index (κ2) is 12.4. The van der Waals surface area contributed by atoms with Crippen molar-refractivity contribution >= 4 is 52.9 Å². The lowest BCUT2D eigenvalue weighted by atomic mass is 9.97. The van der Waals surface area contributed by atoms with Crippen LogP contribution in [0, 0.1) is 0 Å². The van der Waals surface area contributed by atoms with Crippen LogP contribution in [0.15, 0.2) is 22.7 Å². The molecule has 3 heterocycles. The molecule has 41 heavy (non-hydrogen) atoms. The highest BCUT2D eigenvalue weighted by molar-refractivity contribution is 8.00. The lowest BCUT2D eigenvalue weighted by Crippen LogP contribution is -2.80. The molecule has 1 fully saturated rings. The van der Waals surface area contributed by atoms with Gasteiger partial charge < -0.3 is 29.6 Å². The van der Waals surface area contributed by atoms with Gasteiger partial charge in [-0.2, -0.15) is 0 Å². The first kappa shape index (κ1) is 32.4. The van der Waals surface area contributed by atoms with Gasteiger partial charge in [-0.25, -0.2) is 9.59 Å². The minimum Gasteiger partial charge on any atom is -0.461 e. The van der Waals surface area contributed by atoms with Crippen LogP contribution in [-0.2, 0) is 51.1 Å². The summed E-state index contributed by atoms with van der Waals surface area (Å²) in [6, 6.07) is 1.79. The monoisotopic (exact) mass is 611 g/mol. The summed E-state index contributed by atoms with van der Waals surface area (Å²) in [7, 11) is 1.31. The summed E-state index contributed by atoms with van der Waals surface area (Å²) in [5.41, 5.74) is -1.94. The molecule has 2 aliphatic heterocycles. The van der Waals surface area contributed by atoms with Crippen LogP contribution >= 0.6 is 23.1 Å². The number of methoxy groups -OCH3 is 1. The summed E-state index contributed by atoms with van der Waals surface area (Å²) in [5, 5.41) is 6.47. The van der Waals surface area contributed by atoms with E-state index in [9.17, 15) is 24.0 Å². The second-order valence-corrected chi connectivity index (χ2v) is 13.6. The number of esters is 2. The van der Waals surface area contributed by atoms with Crippen LogP contribution in [0.25, 0.3) is 0 Å². The quantitative estimate of drug-likeness (QED) is 0.185. The van der Waals surface area contributed by atoms with Crippen molar-refractivity contribution < 1.29 is 42.9 Å². The average Bonchev–Trinajstić information content (AvgIpc) is 3.28. The van der Waals surface area contributed by atoms with Crippen LogP contribution in [0.1, 0.15) is 58.9 Å². The van der Waals surface area contributed by atoms with Crippen molar-refractivity contribution in [2.45, 2.75) is 83.7 Å². The maximum Gasteiger partial charge on any atom is 0.407 e. The van der Waals surface area contributed by atoms with Crippen LogP contribution in [0.4, 0.5) is 4.79 Å². The van der Waals surface area contributed by atoms with Gasteiger partial charge in [-0.15, -0.1) is 23.1 Å². The van der Waals surface area contributed by atoms with Gasteiger partial charge in [0, 0.05) is 36.8 Å². The van der Waals surface area contributed by atoms with Crippen LogP contribution in [-0.4, -0.2) is 76.5 Å². The van der Waals surface area contributed by atoms with E-state index < -0.39 is 52.1 Å². The molecule has 3 rings (SSSR count). The summed E-state index contributed by atoms with van der Waals surface area (Å²) in [6.07, 6.45) is -0.571. The first-order valence-electron chi connectivity index (χ1n) is 12.9. The zero-order valence-electron chi connectivity index (χ0n) is 24.5. The second-order valence-electron chi connectivity index (χ2n) is 11.5. The molecule has 0 saturated carbocycles. The molecular formula is C27H37N3O9S2. The largest absolute Gasteiger partial charge is 0.461 e. The van der Waals surface area contributed by atoms with E-state index in [1.54, 1.807) is 47.6 Å². The molecule has 1 aromatic rings. The van der Waals surface area contributed by atoms with Crippen molar-refractivity contribution in [2.75, 3.05) is 19.5 Å². The molecule has 0 spiro atoms. The Hall–Kier alpha value is -3.10. The van der Waals surface area contributed by atoms with Gasteiger partial charge in [0.1, 0.15) is 28.9 Å². The fraction of sp³-hybridized carbons (Fsp3) is 0.593. The van der Waals surface area contributed by atoms with E-state index in [2.05, 4.69) is 10.6 Å². The topological polar surface area (TPSA) is 150 Å². The van der Waals surface area contributed by atoms with Gasteiger partial charge in [0.15, 0.2) is 0 Å². The van der Waals surface area contributed by atoms with Gasteiger partial charge in [-0.05, 0) is 58.6 Å². The molecule has 14 heteroatoms. The Labute approximate surface area is 247 Å². The molecule has 0 aliphatic carbocycles. The highest BCUT2D eigenvalue weighted by atomic mass is 32.2. The molecule has 0 aromatic carbocycles. The van der Waals surface area contributed by atoms with E-state index in [0.29, 0.717) is 10.5 Å². The number of hydrogen-bond donors (Lipinski definition) is 2. The lowest BCUT2D eigenvalue weighted by molar-refractivity contribution is -0.194. The van der Waals surface area contributed by atoms with Crippen molar-refractivity contribution in [1.82, 2.24) is 15.5 Å². The Kier molecular flexibility index (Phi) is 9.81. The van der Waals surface area contributed by atoms with Crippen molar-refractivity contribution in [3.05, 3.63) is 33.2 Å². The maximum absolute atomic E-state index is 13.5. The number of hydrogen-bond acceptors (Lipinski definition) is 11. The molecule has 0 bridgehead atoms. The molecule has 12 nitrogen and oxygen atoms in total. The fourth-order valence-corrected chi connectivity index (χ4v) is 6.38. The Bertz CT molecular complexity index is 1250. The molecule has 2 N–H and O–H groups in total. The van der Waals surface area contributed by atoms with Gasteiger partial charge >= 0.3 is 18.0 Å². The minimum absolute atomic E-state index is 0.0164. The van der Waals surface area contributed by atoms with E-state index >= 15 is 0 Å². The highest BCUT2D eigenvalue weighted by Gasteiger charge is 2.66. The SMILES string of the molecule is CO[C@@]1(NC(=O)Cc2cc(CNC(=O)OC(C)(C)C)cs2)C(=O)N2C(C(=O)OC(C)(C)C)=C(COC(C)=O)CS[C@@H]21. The molecule has 0 radical (unpaired) electrons. The number of rotatable bonds is 9. The zero-order valence-corrected chi connectivity index (χ0v) is 26.1. The van der Waals surface area contributed by atoms with E-state index in [1.165, 1.54) is 42.0 Å². The summed E-state index contributed by atoms with van der Waals surface area (Å²) in [4.78, 5) is 65.0. The zero-order chi connectivity index (χ0) is 30.8. The number of nitrogens with one attached hydrogen (secondary N) is 2. The van der Waals surface area contributed by atoms with Crippen molar-refractivity contribution in [2.24, 2.45) is 0 Å². The Morgan fingerprint density at radius 3 is 2.34 bits per heavy atom. The summed E-state index contributed by atoms with van der Waals surface area (Å²) in [5.74, 6) is -2.11. The molecule has 1 aromatic heterocycles. The van der Waals surface area contributed by atoms with Crippen molar-refractivity contribution in [3.8, 4) is 0 Å². The number of thiophene rings is 1. The fourth-order valence-electron chi connectivity index (χ4n) is 4.07. The van der Waals surface area contributed by atoms with Crippen molar-refractivity contribution in [3.63, 3.8) is 0 Å². The predicted octanol–water partition coefficient (Wildman–Crippen LogP) is 2.85. The van der Waals surface area contributed by atoms with Gasteiger partial charge in [0.05, 0.1) is 6.42 Å². The molecule has 0 unspecified atom stereocenters. The Morgan fingerprint density at radius 1 is 1.10 bits per heavy atom. The third-order valence-electron chi connectivity index (χ3n) is 5.68. The number of amides is 3. The maximum atomic E-state index is 13.5. The Morgan fingerprint density at radius 2 is 1.76 bits per heavy atom. The lowest BCUT2D eigenvalue weighted by Gasteiger charge is -2.56. The van der Waals surface area contributed by atoms with Crippen LogP contribution < -0.4 is 10.6 Å². The highest BCUT2D eigenvalue weighted by Crippen LogP contribution is 2.47. The smallest absolute Gasteiger partial charge is 0.407 e. The van der Waals surface area contributed by atoms with Crippen LogP contribution in [0.2, 0.25) is 0 Å². The number of fused-ring (bicyclic) bond motifs is 1. The van der Waals surface area contributed by atoms with E-state index in [0.717, 1.165) is 5.56 Å². The number of ether oxygens (including phenoxy) is 4. The van der Waals surface area contributed by atoms with Gasteiger partial charge in [-0.1, -0.05) is 0 Å². The predicted molar refractivity (Wildman–Crippen MR) is 152 cm³/mol. The number of nitrogens with zero attached hydrogens (tertiary/aromatic N) is 1. The van der Waals surface area contributed by atoms with E-state index in [4.69, 9.17) is 18.9 Å². The van der Waals surface area contributed by atoms with Crippen LogP contribution in [0.5, 0.6) is 0 Å². The summed E-state index contributed by atoms with van der Waals surface area (Å²) >= 11 is 2.61. The number of carbonyl (C=O) groups excluding carboxylic acids is 5. The van der Waals surface area contributed by atoms with Gasteiger partial charge in [0.25, 0.3) is 11.6 Å². The third-order valence-corrected chi connectivity index (χ3v) is 8.04. The van der Waals surface area contributed by atoms with Gasteiger partial charge in [0.2, 0.25) is 5.91 Å². The molecule has 3 amide bonds. The Balaban J connectivity index is 1.71. The molecule has 1 saturated heterocycles. The molecule has 2 aliphatic rings. The average molecular weight is 612 g/mol. The van der Waals surface area contributed by atoms with E-state index in [-0.39, 0.29) is 31.0 Å². The summed E-state index contributed by atoms with van der Waals surface area (Å²) in [6.45, 7) is 11.7. The standard InChI is InChI=1S/C27H37N3O9S2/c1-15(31)37-12-17-14-41-23-27(36-8,22(34)30(23)20(17)21(33)38-25(2,3)4)29-19(32)10-18-9-16(13-40-18)11-28-24(35)39-26(5,6)7/h9,13,23H,10-12,14H2,1-8H3,(H,28,35)(H,29,32)/t23-,27+/m1/s1. The molecule has 2 atom stereocenters. The van der Waals surface area contributed by atoms with E-state index in [1.807, 2.05) is 5.38 Å². The normalized spacial score (nSPS) is 20.5. The third kappa shape index (κ3) is 8.01. The number of β-lactam (4-membered cyclic amide) rings is 1. The number of alkyl carbamates (subject to hydrolysis) is 1. The molecular weight excluding hydrogens is 574 g/mol. The van der Waals surface area contributed by atoms with Crippen LogP contribution in [0.3, 0.4) is 0 Å². The number of thioether (sulfide) groups is 1. The van der Waals surface area contributed by atoms with Crippen molar-refractivity contribution in [1.29, 1.82) is 0 Å². The first-order chi connectivity index (χ1) is 19.0. The summed E-state index contributed by atoms with van der Waals surface area (Å²) < 4.78 is 21.5.